The standard InChI is InChI=1S/C15H31N3/c1-11-5-6-14(16)13(7-11)9-18-8-12(2)15(10-18)17(3)4/h11-15H,5-10,16H2,1-4H3. The first-order valence-electron chi connectivity index (χ1n) is 7.61. The molecule has 0 radical (unpaired) electrons. The van der Waals surface area contributed by atoms with Crippen molar-refractivity contribution in [2.24, 2.45) is 23.5 Å². The SMILES string of the molecule is CC1CCC(N)C(CN2CC(C)C(N(C)C)C2)C1. The number of likely N-dealkylation sites (tertiary alicyclic amines) is 1. The number of nitrogens with zero attached hydrogens (tertiary/aromatic N) is 2. The normalized spacial score (nSPS) is 42.7. The van der Waals surface area contributed by atoms with Crippen molar-refractivity contribution in [2.75, 3.05) is 33.7 Å². The van der Waals surface area contributed by atoms with Crippen LogP contribution in [0.3, 0.4) is 0 Å². The highest BCUT2D eigenvalue weighted by atomic mass is 15.2. The lowest BCUT2D eigenvalue weighted by molar-refractivity contribution is 0.172. The summed E-state index contributed by atoms with van der Waals surface area (Å²) in [7, 11) is 4.41. The van der Waals surface area contributed by atoms with Crippen molar-refractivity contribution < 1.29 is 0 Å². The minimum absolute atomic E-state index is 0.440. The van der Waals surface area contributed by atoms with Gasteiger partial charge in [-0.15, -0.1) is 0 Å². The van der Waals surface area contributed by atoms with Crippen LogP contribution in [0.4, 0.5) is 0 Å². The fraction of sp³-hybridized carbons (Fsp3) is 1.00. The van der Waals surface area contributed by atoms with Crippen LogP contribution < -0.4 is 5.73 Å². The lowest BCUT2D eigenvalue weighted by Gasteiger charge is -2.35. The van der Waals surface area contributed by atoms with Gasteiger partial charge in [0.1, 0.15) is 0 Å². The predicted octanol–water partition coefficient (Wildman–Crippen LogP) is 1.63. The first kappa shape index (κ1) is 14.3. The van der Waals surface area contributed by atoms with E-state index in [9.17, 15) is 0 Å². The topological polar surface area (TPSA) is 32.5 Å². The second-order valence-corrected chi connectivity index (χ2v) is 7.07. The fourth-order valence-electron chi connectivity index (χ4n) is 3.93. The molecule has 2 N–H and O–H groups in total. The summed E-state index contributed by atoms with van der Waals surface area (Å²) in [4.78, 5) is 5.03. The van der Waals surface area contributed by atoms with E-state index in [2.05, 4.69) is 37.7 Å². The molecule has 1 saturated heterocycles. The summed E-state index contributed by atoms with van der Waals surface area (Å²) in [6.07, 6.45) is 3.89. The molecule has 3 heteroatoms. The molecule has 0 aromatic heterocycles. The lowest BCUT2D eigenvalue weighted by atomic mass is 9.79. The average molecular weight is 253 g/mol. The molecule has 1 saturated carbocycles. The highest BCUT2D eigenvalue weighted by Crippen LogP contribution is 2.30. The maximum Gasteiger partial charge on any atom is 0.0254 e. The van der Waals surface area contributed by atoms with Gasteiger partial charge in [-0.3, -0.25) is 0 Å². The molecular weight excluding hydrogens is 222 g/mol. The van der Waals surface area contributed by atoms with Gasteiger partial charge in [0.05, 0.1) is 0 Å². The summed E-state index contributed by atoms with van der Waals surface area (Å²) in [5, 5.41) is 0. The van der Waals surface area contributed by atoms with Gasteiger partial charge in [-0.25, -0.2) is 0 Å². The Labute approximate surface area is 113 Å². The molecule has 2 fully saturated rings. The molecule has 106 valence electrons. The van der Waals surface area contributed by atoms with Crippen LogP contribution in [0.25, 0.3) is 0 Å². The van der Waals surface area contributed by atoms with Crippen LogP contribution >= 0.6 is 0 Å². The van der Waals surface area contributed by atoms with E-state index in [0.29, 0.717) is 6.04 Å². The molecule has 0 aromatic rings. The third-order valence-electron chi connectivity index (χ3n) is 5.11. The molecule has 0 aromatic carbocycles. The molecule has 1 heterocycles. The van der Waals surface area contributed by atoms with Gasteiger partial charge in [-0.05, 0) is 51.1 Å². The molecule has 2 rings (SSSR count). The number of likely N-dealkylation sites (N-methyl/N-ethyl adjacent to an activating group) is 1. The Morgan fingerprint density at radius 2 is 1.89 bits per heavy atom. The van der Waals surface area contributed by atoms with Gasteiger partial charge in [0.2, 0.25) is 0 Å². The zero-order chi connectivity index (χ0) is 13.3. The van der Waals surface area contributed by atoms with Crippen molar-refractivity contribution >= 4 is 0 Å². The van der Waals surface area contributed by atoms with Gasteiger partial charge in [0.15, 0.2) is 0 Å². The Morgan fingerprint density at radius 3 is 2.50 bits per heavy atom. The molecule has 0 bridgehead atoms. The van der Waals surface area contributed by atoms with Crippen LogP contribution in [-0.2, 0) is 0 Å². The van der Waals surface area contributed by atoms with Crippen LogP contribution in [0.5, 0.6) is 0 Å². The predicted molar refractivity (Wildman–Crippen MR) is 77.6 cm³/mol. The fourth-order valence-corrected chi connectivity index (χ4v) is 3.93. The Balaban J connectivity index is 1.86. The van der Waals surface area contributed by atoms with E-state index in [1.165, 1.54) is 38.9 Å². The largest absolute Gasteiger partial charge is 0.327 e. The highest BCUT2D eigenvalue weighted by molar-refractivity contribution is 4.90. The molecule has 5 atom stereocenters. The molecule has 3 nitrogen and oxygen atoms in total. The number of nitrogens with two attached hydrogens (primary N) is 1. The minimum atomic E-state index is 0.440. The van der Waals surface area contributed by atoms with Crippen LogP contribution in [0.2, 0.25) is 0 Å². The maximum absolute atomic E-state index is 6.31. The van der Waals surface area contributed by atoms with Gasteiger partial charge >= 0.3 is 0 Å². The summed E-state index contributed by atoms with van der Waals surface area (Å²) in [6.45, 7) is 8.47. The Hall–Kier alpha value is -0.120. The third kappa shape index (κ3) is 3.25. The van der Waals surface area contributed by atoms with Crippen molar-refractivity contribution in [1.82, 2.24) is 9.80 Å². The number of hydrogen-bond donors (Lipinski definition) is 1. The van der Waals surface area contributed by atoms with Crippen LogP contribution in [0.15, 0.2) is 0 Å². The summed E-state index contributed by atoms with van der Waals surface area (Å²) in [5.41, 5.74) is 6.31. The number of hydrogen-bond acceptors (Lipinski definition) is 3. The molecule has 0 amide bonds. The molecule has 0 spiro atoms. The summed E-state index contributed by atoms with van der Waals surface area (Å²) in [6, 6.07) is 1.16. The lowest BCUT2D eigenvalue weighted by Crippen LogP contribution is -2.43. The molecule has 2 aliphatic rings. The smallest absolute Gasteiger partial charge is 0.0254 e. The Morgan fingerprint density at radius 1 is 1.17 bits per heavy atom. The first-order valence-corrected chi connectivity index (χ1v) is 7.61. The van der Waals surface area contributed by atoms with Crippen molar-refractivity contribution in [1.29, 1.82) is 0 Å². The Kier molecular flexibility index (Phi) is 4.68. The van der Waals surface area contributed by atoms with E-state index in [1.54, 1.807) is 0 Å². The second kappa shape index (κ2) is 5.89. The summed E-state index contributed by atoms with van der Waals surface area (Å²) >= 11 is 0. The van der Waals surface area contributed by atoms with Gasteiger partial charge in [-0.1, -0.05) is 13.8 Å². The first-order chi connectivity index (χ1) is 8.47. The van der Waals surface area contributed by atoms with Crippen LogP contribution in [0.1, 0.15) is 33.1 Å². The zero-order valence-corrected chi connectivity index (χ0v) is 12.6. The van der Waals surface area contributed by atoms with E-state index >= 15 is 0 Å². The van der Waals surface area contributed by atoms with Gasteiger partial charge in [-0.2, -0.15) is 0 Å². The monoisotopic (exact) mass is 253 g/mol. The van der Waals surface area contributed by atoms with E-state index in [-0.39, 0.29) is 0 Å². The van der Waals surface area contributed by atoms with E-state index in [1.807, 2.05) is 0 Å². The van der Waals surface area contributed by atoms with E-state index in [4.69, 9.17) is 5.73 Å². The quantitative estimate of drug-likeness (QED) is 0.830. The van der Waals surface area contributed by atoms with Gasteiger partial charge in [0.25, 0.3) is 0 Å². The number of rotatable bonds is 3. The van der Waals surface area contributed by atoms with Gasteiger partial charge in [0, 0.05) is 31.7 Å². The maximum atomic E-state index is 6.31. The highest BCUT2D eigenvalue weighted by Gasteiger charge is 2.34. The van der Waals surface area contributed by atoms with Crippen molar-refractivity contribution in [3.05, 3.63) is 0 Å². The van der Waals surface area contributed by atoms with Crippen molar-refractivity contribution in [2.45, 2.75) is 45.2 Å². The summed E-state index contributed by atoms with van der Waals surface area (Å²) in [5.74, 6) is 2.39. The third-order valence-corrected chi connectivity index (χ3v) is 5.11. The van der Waals surface area contributed by atoms with Crippen LogP contribution in [0, 0.1) is 17.8 Å². The molecule has 1 aliphatic carbocycles. The second-order valence-electron chi connectivity index (χ2n) is 7.07. The molecule has 18 heavy (non-hydrogen) atoms. The van der Waals surface area contributed by atoms with E-state index in [0.717, 1.165) is 23.8 Å². The van der Waals surface area contributed by atoms with Gasteiger partial charge < -0.3 is 15.5 Å². The van der Waals surface area contributed by atoms with Crippen molar-refractivity contribution in [3.8, 4) is 0 Å². The van der Waals surface area contributed by atoms with E-state index < -0.39 is 0 Å². The Bertz CT molecular complexity index is 266. The zero-order valence-electron chi connectivity index (χ0n) is 12.6. The molecular formula is C15H31N3. The van der Waals surface area contributed by atoms with Crippen LogP contribution in [-0.4, -0.2) is 55.6 Å². The molecule has 5 unspecified atom stereocenters. The average Bonchev–Trinajstić information content (AvgIpc) is 2.65. The van der Waals surface area contributed by atoms with Crippen molar-refractivity contribution in [3.63, 3.8) is 0 Å². The minimum Gasteiger partial charge on any atom is -0.327 e. The molecule has 1 aliphatic heterocycles. The summed E-state index contributed by atoms with van der Waals surface area (Å²) < 4.78 is 0.